The number of aromatic amines is 1. The Morgan fingerprint density at radius 1 is 1.07 bits per heavy atom. The van der Waals surface area contributed by atoms with Gasteiger partial charge < -0.3 is 19.9 Å². The molecule has 3 aromatic rings. The van der Waals surface area contributed by atoms with Crippen LogP contribution in [-0.4, -0.2) is 88.2 Å². The highest BCUT2D eigenvalue weighted by atomic mass is 19.4. The summed E-state index contributed by atoms with van der Waals surface area (Å²) in [5.41, 5.74) is 2.06. The second kappa shape index (κ2) is 11.7. The Morgan fingerprint density at radius 3 is 2.51 bits per heavy atom. The Balaban J connectivity index is 0.000000472. The van der Waals surface area contributed by atoms with Gasteiger partial charge in [-0.25, -0.2) is 14.5 Å². The molecule has 3 N–H and O–H groups in total. The first-order valence-electron chi connectivity index (χ1n) is 13.2. The number of rotatable bonds is 4. The molecule has 14 nitrogen and oxygen atoms in total. The first-order valence-corrected chi connectivity index (χ1v) is 13.2. The molecule has 2 aromatic heterocycles. The molecule has 2 fully saturated rings. The number of nitrogens with zero attached hydrogens (tertiary/aromatic N) is 6. The zero-order chi connectivity index (χ0) is 30.9. The molecule has 3 aliphatic rings. The molecule has 4 amide bonds. The predicted molar refractivity (Wildman–Crippen MR) is 137 cm³/mol. The van der Waals surface area contributed by atoms with Crippen molar-refractivity contribution in [1.29, 1.82) is 0 Å². The molecule has 2 unspecified atom stereocenters. The maximum atomic E-state index is 13.3. The van der Waals surface area contributed by atoms with E-state index in [9.17, 15) is 32.3 Å². The van der Waals surface area contributed by atoms with Crippen molar-refractivity contribution < 1.29 is 42.3 Å². The molecule has 226 valence electrons. The van der Waals surface area contributed by atoms with Gasteiger partial charge in [0.15, 0.2) is 5.69 Å². The van der Waals surface area contributed by atoms with Gasteiger partial charge in [0.2, 0.25) is 11.8 Å². The van der Waals surface area contributed by atoms with Crippen LogP contribution in [0.5, 0.6) is 0 Å². The number of amides is 4. The van der Waals surface area contributed by atoms with Gasteiger partial charge in [-0.05, 0) is 43.4 Å². The smallest absolute Gasteiger partial charge is 0.475 e. The van der Waals surface area contributed by atoms with E-state index in [1.54, 1.807) is 35.6 Å². The Labute approximate surface area is 240 Å². The normalized spacial score (nSPS) is 20.3. The lowest BCUT2D eigenvalue weighted by atomic mass is 10.0. The zero-order valence-corrected chi connectivity index (χ0v) is 22.4. The van der Waals surface area contributed by atoms with Gasteiger partial charge in [0.05, 0.1) is 17.9 Å². The molecule has 0 bridgehead atoms. The number of hydrogen-bond acceptors (Lipinski definition) is 8. The van der Waals surface area contributed by atoms with Crippen LogP contribution in [0, 0.1) is 0 Å². The van der Waals surface area contributed by atoms with E-state index < -0.39 is 24.1 Å². The van der Waals surface area contributed by atoms with Crippen molar-refractivity contribution in [3.63, 3.8) is 0 Å². The fourth-order valence-electron chi connectivity index (χ4n) is 5.24. The number of benzene rings is 1. The minimum atomic E-state index is -5.08. The van der Waals surface area contributed by atoms with E-state index in [1.807, 2.05) is 6.07 Å². The number of carboxylic acids is 1. The lowest BCUT2D eigenvalue weighted by Gasteiger charge is -2.33. The third-order valence-corrected chi connectivity index (χ3v) is 7.33. The summed E-state index contributed by atoms with van der Waals surface area (Å²) in [6, 6.07) is 4.50. The standard InChI is InChI=1S/C24H24N8O4.C2HF3O2/c33-20-7-6-19(22(34)27-20)31-12-14-4-5-15(11-16(14)23(31)35)32-13-17(28-29-32)24(36)30-10-2-1-3-18(30)21-25-8-9-26-21;3-2(4,5)1(6)7/h4-5,8-9,11,13,18-19H,1-3,6-7,10,12H2,(H,25,26)(H,27,33,34);(H,6,7). The summed E-state index contributed by atoms with van der Waals surface area (Å²) in [7, 11) is 0. The van der Waals surface area contributed by atoms with Gasteiger partial charge in [0.25, 0.3) is 11.8 Å². The molecular formula is C26H25F3N8O6. The SMILES string of the molecule is O=C(O)C(F)(F)F.O=C1CCC(N2Cc3ccc(-n4cc(C(=O)N5CCCCC5c5ncc[nH]5)nn4)cc3C2=O)C(=O)N1. The fourth-order valence-corrected chi connectivity index (χ4v) is 5.24. The average Bonchev–Trinajstić information content (AvgIpc) is 3.74. The molecule has 43 heavy (non-hydrogen) atoms. The summed E-state index contributed by atoms with van der Waals surface area (Å²) in [5.74, 6) is -3.26. The van der Waals surface area contributed by atoms with Crippen LogP contribution in [0.2, 0.25) is 0 Å². The first-order chi connectivity index (χ1) is 20.4. The van der Waals surface area contributed by atoms with Crippen LogP contribution in [0.4, 0.5) is 13.2 Å². The van der Waals surface area contributed by atoms with Gasteiger partial charge in [0.1, 0.15) is 11.9 Å². The van der Waals surface area contributed by atoms with Gasteiger partial charge in [-0.1, -0.05) is 11.3 Å². The number of imide groups is 1. The number of carboxylic acid groups (broad SMARTS) is 1. The summed E-state index contributed by atoms with van der Waals surface area (Å²) >= 11 is 0. The molecule has 0 aliphatic carbocycles. The number of alkyl halides is 3. The van der Waals surface area contributed by atoms with Gasteiger partial charge in [-0.3, -0.25) is 24.5 Å². The number of imidazole rings is 1. The lowest BCUT2D eigenvalue weighted by Crippen LogP contribution is -2.52. The molecule has 17 heteroatoms. The summed E-state index contributed by atoms with van der Waals surface area (Å²) in [6.07, 6.45) is 3.17. The monoisotopic (exact) mass is 602 g/mol. The molecule has 6 rings (SSSR count). The molecule has 2 saturated heterocycles. The van der Waals surface area contributed by atoms with Gasteiger partial charge in [-0.15, -0.1) is 5.10 Å². The van der Waals surface area contributed by atoms with Crippen LogP contribution in [0.3, 0.4) is 0 Å². The number of aliphatic carboxylic acids is 1. The summed E-state index contributed by atoms with van der Waals surface area (Å²) < 4.78 is 33.2. The largest absolute Gasteiger partial charge is 0.490 e. The maximum absolute atomic E-state index is 13.3. The number of hydrogen-bond donors (Lipinski definition) is 3. The quantitative estimate of drug-likeness (QED) is 0.375. The number of aromatic nitrogens is 5. The van der Waals surface area contributed by atoms with Crippen molar-refractivity contribution in [3.05, 3.63) is 59.4 Å². The van der Waals surface area contributed by atoms with E-state index >= 15 is 0 Å². The molecule has 0 spiro atoms. The number of likely N-dealkylation sites (tertiary alicyclic amines) is 1. The highest BCUT2D eigenvalue weighted by Gasteiger charge is 2.40. The number of fused-ring (bicyclic) bond motifs is 1. The average molecular weight is 603 g/mol. The summed E-state index contributed by atoms with van der Waals surface area (Å²) in [6.45, 7) is 0.908. The third kappa shape index (κ3) is 6.09. The third-order valence-electron chi connectivity index (χ3n) is 7.33. The number of carbonyl (C=O) groups excluding carboxylic acids is 4. The number of H-pyrrole nitrogens is 1. The number of piperidine rings is 2. The van der Waals surface area contributed by atoms with Crippen molar-refractivity contribution in [2.24, 2.45) is 0 Å². The predicted octanol–water partition coefficient (Wildman–Crippen LogP) is 1.75. The fraction of sp³-hybridized carbons (Fsp3) is 0.385. The van der Waals surface area contributed by atoms with E-state index in [0.29, 0.717) is 30.8 Å². The van der Waals surface area contributed by atoms with Crippen LogP contribution in [0.15, 0.2) is 36.8 Å². The van der Waals surface area contributed by atoms with E-state index in [0.717, 1.165) is 30.7 Å². The summed E-state index contributed by atoms with van der Waals surface area (Å²) in [4.78, 5) is 69.8. The molecule has 2 atom stereocenters. The highest BCUT2D eigenvalue weighted by Crippen LogP contribution is 2.31. The van der Waals surface area contributed by atoms with Crippen LogP contribution in [0.1, 0.15) is 70.4 Å². The van der Waals surface area contributed by atoms with Crippen LogP contribution in [0.25, 0.3) is 5.69 Å². The van der Waals surface area contributed by atoms with E-state index in [1.165, 1.54) is 9.58 Å². The van der Waals surface area contributed by atoms with E-state index in [2.05, 4.69) is 25.6 Å². The minimum Gasteiger partial charge on any atom is -0.475 e. The Hall–Kier alpha value is -5.09. The molecule has 0 saturated carbocycles. The topological polar surface area (TPSA) is 183 Å². The molecule has 1 aromatic carbocycles. The molecule has 0 radical (unpaired) electrons. The minimum absolute atomic E-state index is 0.137. The van der Waals surface area contributed by atoms with Crippen LogP contribution >= 0.6 is 0 Å². The van der Waals surface area contributed by atoms with Gasteiger partial charge >= 0.3 is 12.1 Å². The second-order valence-electron chi connectivity index (χ2n) is 10.1. The lowest BCUT2D eigenvalue weighted by molar-refractivity contribution is -0.192. The van der Waals surface area contributed by atoms with Gasteiger partial charge in [0, 0.05) is 37.5 Å². The Kier molecular flexibility index (Phi) is 7.97. The number of halogens is 3. The van der Waals surface area contributed by atoms with Gasteiger partial charge in [-0.2, -0.15) is 13.2 Å². The zero-order valence-electron chi connectivity index (χ0n) is 22.4. The van der Waals surface area contributed by atoms with Crippen molar-refractivity contribution in [2.75, 3.05) is 6.54 Å². The number of carbonyl (C=O) groups is 5. The van der Waals surface area contributed by atoms with Crippen LogP contribution < -0.4 is 5.32 Å². The van der Waals surface area contributed by atoms with Crippen molar-refractivity contribution in [2.45, 2.75) is 56.9 Å². The first kappa shape index (κ1) is 29.4. The van der Waals surface area contributed by atoms with Crippen LogP contribution in [-0.2, 0) is 20.9 Å². The maximum Gasteiger partial charge on any atom is 0.490 e. The Morgan fingerprint density at radius 2 is 1.84 bits per heavy atom. The highest BCUT2D eigenvalue weighted by molar-refractivity contribution is 6.05. The second-order valence-corrected chi connectivity index (χ2v) is 10.1. The van der Waals surface area contributed by atoms with Crippen molar-refractivity contribution in [3.8, 4) is 5.69 Å². The molecule has 5 heterocycles. The van der Waals surface area contributed by atoms with Crippen molar-refractivity contribution >= 4 is 29.6 Å². The van der Waals surface area contributed by atoms with E-state index in [4.69, 9.17) is 9.90 Å². The summed E-state index contributed by atoms with van der Waals surface area (Å²) in [5, 5.41) is 17.7. The van der Waals surface area contributed by atoms with E-state index in [-0.39, 0.29) is 35.9 Å². The van der Waals surface area contributed by atoms with Crippen molar-refractivity contribution in [1.82, 2.24) is 40.1 Å². The number of nitrogens with one attached hydrogen (secondary N) is 2. The molecule has 3 aliphatic heterocycles. The molecular weight excluding hydrogens is 577 g/mol. The Bertz CT molecular complexity index is 1570.